The molecule has 0 saturated carbocycles. The summed E-state index contributed by atoms with van der Waals surface area (Å²) in [6.07, 6.45) is 7.54. The van der Waals surface area contributed by atoms with Crippen molar-refractivity contribution in [1.82, 2.24) is 0 Å². The number of ether oxygens (including phenoxy) is 3. The summed E-state index contributed by atoms with van der Waals surface area (Å²) in [6.45, 7) is 0. The average Bonchev–Trinajstić information content (AvgIpc) is 3.21. The van der Waals surface area contributed by atoms with E-state index in [9.17, 15) is 0 Å². The Hall–Kier alpha value is -4.50. The maximum absolute atomic E-state index is 7.34. The monoisotopic (exact) mass is 510 g/mol. The maximum atomic E-state index is 7.34. The van der Waals surface area contributed by atoms with Gasteiger partial charge in [0.05, 0.1) is 14.2 Å². The molecule has 0 radical (unpaired) electrons. The van der Waals surface area contributed by atoms with E-state index in [-0.39, 0.29) is 0 Å². The number of fused-ring (bicyclic) bond motifs is 8. The molecule has 1 unspecified atom stereocenters. The van der Waals surface area contributed by atoms with Gasteiger partial charge in [-0.2, -0.15) is 0 Å². The van der Waals surface area contributed by atoms with E-state index in [1.165, 1.54) is 33.0 Å². The van der Waals surface area contributed by atoms with E-state index in [1.807, 2.05) is 18.2 Å². The first-order valence-electron chi connectivity index (χ1n) is 13.5. The minimum Gasteiger partial charge on any atom is -0.497 e. The number of hydrogen-bond acceptors (Lipinski definition) is 3. The van der Waals surface area contributed by atoms with E-state index >= 15 is 0 Å². The molecule has 2 aliphatic rings. The quantitative estimate of drug-likeness (QED) is 0.243. The minimum absolute atomic E-state index is 0.764. The van der Waals surface area contributed by atoms with Gasteiger partial charge in [0.1, 0.15) is 17.2 Å². The molecule has 0 saturated heterocycles. The second-order valence-corrected chi connectivity index (χ2v) is 10.3. The molecule has 1 atom stereocenters. The zero-order valence-corrected chi connectivity index (χ0v) is 22.2. The van der Waals surface area contributed by atoms with Crippen molar-refractivity contribution in [2.24, 2.45) is 0 Å². The number of methoxy groups -OCH3 is 2. The van der Waals surface area contributed by atoms with Crippen LogP contribution < -0.4 is 14.2 Å². The van der Waals surface area contributed by atoms with Crippen LogP contribution in [0.5, 0.6) is 17.2 Å². The lowest BCUT2D eigenvalue weighted by molar-refractivity contribution is 0.159. The Kier molecular flexibility index (Phi) is 5.66. The van der Waals surface area contributed by atoms with Crippen molar-refractivity contribution < 1.29 is 14.2 Å². The van der Waals surface area contributed by atoms with Crippen LogP contribution in [-0.2, 0) is 18.4 Å². The molecule has 3 nitrogen and oxygen atoms in total. The van der Waals surface area contributed by atoms with E-state index < -0.39 is 5.60 Å². The maximum Gasteiger partial charge on any atom is 0.178 e. The molecule has 0 spiro atoms. The minimum atomic E-state index is -0.764. The first-order valence-corrected chi connectivity index (χ1v) is 13.5. The lowest BCUT2D eigenvalue weighted by atomic mass is 9.81. The summed E-state index contributed by atoms with van der Waals surface area (Å²) >= 11 is 0. The summed E-state index contributed by atoms with van der Waals surface area (Å²) < 4.78 is 18.5. The predicted octanol–water partition coefficient (Wildman–Crippen LogP) is 8.36. The fraction of sp³-hybridized carbons (Fsp3) is 0.167. The van der Waals surface area contributed by atoms with Gasteiger partial charge in [0, 0.05) is 22.3 Å². The second kappa shape index (κ2) is 9.36. The van der Waals surface area contributed by atoms with E-state index in [4.69, 9.17) is 14.2 Å². The summed E-state index contributed by atoms with van der Waals surface area (Å²) in [7, 11) is 3.43. The molecule has 7 rings (SSSR count). The molecule has 0 bridgehead atoms. The standard InChI is InChI=1S/C36H30O3/c1-37-27-17-15-26(16-18-27)36(25-11-4-3-5-12-25)22-21-31-30-20-19-28(38-2)23-33(30)34-29-13-7-6-9-24(29)10-8-14-32(34)35(31)39-36/h3-7,9,11-13,15-23H,8,10,14H2,1-2H3. The molecule has 39 heavy (non-hydrogen) atoms. The van der Waals surface area contributed by atoms with Gasteiger partial charge in [0.25, 0.3) is 0 Å². The molecule has 3 heteroatoms. The van der Waals surface area contributed by atoms with Gasteiger partial charge >= 0.3 is 0 Å². The first-order chi connectivity index (χ1) is 19.2. The zero-order chi connectivity index (χ0) is 26.4. The second-order valence-electron chi connectivity index (χ2n) is 10.3. The van der Waals surface area contributed by atoms with Crippen LogP contribution in [0.3, 0.4) is 0 Å². The molecule has 0 amide bonds. The molecular formula is C36H30O3. The highest BCUT2D eigenvalue weighted by atomic mass is 16.5. The fourth-order valence-electron chi connectivity index (χ4n) is 6.32. The summed E-state index contributed by atoms with van der Waals surface area (Å²) in [4.78, 5) is 0. The Morgan fingerprint density at radius 1 is 0.692 bits per heavy atom. The number of hydrogen-bond donors (Lipinski definition) is 0. The average molecular weight is 511 g/mol. The van der Waals surface area contributed by atoms with Gasteiger partial charge in [0.2, 0.25) is 0 Å². The topological polar surface area (TPSA) is 27.7 Å². The highest BCUT2D eigenvalue weighted by Gasteiger charge is 2.39. The Balaban J connectivity index is 1.54. The molecule has 192 valence electrons. The molecule has 1 aliphatic carbocycles. The SMILES string of the molecule is COc1ccc(C2(c3ccccc3)C=Cc3c(c4c(c5cc(OC)ccc35)-c3ccccc3CCC4)O2)cc1. The molecule has 0 aromatic heterocycles. The fourth-order valence-corrected chi connectivity index (χ4v) is 6.32. The van der Waals surface area contributed by atoms with Crippen LogP contribution in [0.4, 0.5) is 0 Å². The summed E-state index contributed by atoms with van der Waals surface area (Å²) in [5.41, 5.74) is 7.74. The molecule has 5 aromatic carbocycles. The Morgan fingerprint density at radius 3 is 2.21 bits per heavy atom. The van der Waals surface area contributed by atoms with Crippen LogP contribution >= 0.6 is 0 Å². The number of benzene rings is 5. The summed E-state index contributed by atoms with van der Waals surface area (Å²) in [6, 6.07) is 34.0. The van der Waals surface area contributed by atoms with Gasteiger partial charge in [-0.25, -0.2) is 0 Å². The van der Waals surface area contributed by atoms with E-state index in [0.29, 0.717) is 0 Å². The number of rotatable bonds is 4. The van der Waals surface area contributed by atoms with E-state index in [2.05, 4.69) is 91.0 Å². The Bertz CT molecular complexity index is 1720. The van der Waals surface area contributed by atoms with Gasteiger partial charge in [-0.05, 0) is 89.2 Å². The summed E-state index contributed by atoms with van der Waals surface area (Å²) in [5, 5.41) is 2.39. The zero-order valence-electron chi connectivity index (χ0n) is 22.2. The van der Waals surface area contributed by atoms with Gasteiger partial charge in [-0.1, -0.05) is 66.7 Å². The van der Waals surface area contributed by atoms with Crippen LogP contribution in [0.15, 0.2) is 103 Å². The normalized spacial score (nSPS) is 17.4. The van der Waals surface area contributed by atoms with Crippen LogP contribution in [0.1, 0.15) is 34.2 Å². The molecule has 1 aliphatic heterocycles. The number of aryl methyl sites for hydroxylation is 1. The highest BCUT2D eigenvalue weighted by molar-refractivity contribution is 6.06. The van der Waals surface area contributed by atoms with Crippen molar-refractivity contribution in [1.29, 1.82) is 0 Å². The molecule has 0 fully saturated rings. The van der Waals surface area contributed by atoms with E-state index in [1.54, 1.807) is 14.2 Å². The van der Waals surface area contributed by atoms with E-state index in [0.717, 1.165) is 53.2 Å². The first kappa shape index (κ1) is 23.6. The van der Waals surface area contributed by atoms with Crippen molar-refractivity contribution in [3.8, 4) is 28.4 Å². The Morgan fingerprint density at radius 2 is 1.41 bits per heavy atom. The van der Waals surface area contributed by atoms with Gasteiger partial charge in [0.15, 0.2) is 5.60 Å². The third kappa shape index (κ3) is 3.72. The van der Waals surface area contributed by atoms with Crippen molar-refractivity contribution >= 4 is 16.8 Å². The predicted molar refractivity (Wildman–Crippen MR) is 158 cm³/mol. The lowest BCUT2D eigenvalue weighted by Gasteiger charge is -2.38. The largest absolute Gasteiger partial charge is 0.497 e. The van der Waals surface area contributed by atoms with Gasteiger partial charge < -0.3 is 14.2 Å². The van der Waals surface area contributed by atoms with Crippen LogP contribution in [0, 0.1) is 0 Å². The third-order valence-corrected chi connectivity index (χ3v) is 8.24. The third-order valence-electron chi connectivity index (χ3n) is 8.24. The van der Waals surface area contributed by atoms with Gasteiger partial charge in [-0.3, -0.25) is 0 Å². The lowest BCUT2D eigenvalue weighted by Crippen LogP contribution is -2.34. The smallest absolute Gasteiger partial charge is 0.178 e. The Labute approximate surface area is 229 Å². The van der Waals surface area contributed by atoms with Crippen LogP contribution in [0.2, 0.25) is 0 Å². The molecule has 1 heterocycles. The van der Waals surface area contributed by atoms with Crippen molar-refractivity contribution in [3.63, 3.8) is 0 Å². The van der Waals surface area contributed by atoms with Crippen LogP contribution in [0.25, 0.3) is 28.0 Å². The molecule has 5 aromatic rings. The highest BCUT2D eigenvalue weighted by Crippen LogP contribution is 2.51. The molecular weight excluding hydrogens is 480 g/mol. The summed E-state index contributed by atoms with van der Waals surface area (Å²) in [5.74, 6) is 2.66. The van der Waals surface area contributed by atoms with Crippen molar-refractivity contribution in [2.75, 3.05) is 14.2 Å². The van der Waals surface area contributed by atoms with Crippen molar-refractivity contribution in [3.05, 3.63) is 131 Å². The van der Waals surface area contributed by atoms with Crippen LogP contribution in [-0.4, -0.2) is 14.2 Å². The van der Waals surface area contributed by atoms with Crippen molar-refractivity contribution in [2.45, 2.75) is 24.9 Å². The molecule has 0 N–H and O–H groups in total. The van der Waals surface area contributed by atoms with Gasteiger partial charge in [-0.15, -0.1) is 0 Å².